The van der Waals surface area contributed by atoms with Gasteiger partial charge >= 0.3 is 0 Å². The number of benzene rings is 1. The molecule has 1 aromatic carbocycles. The van der Waals surface area contributed by atoms with Crippen molar-refractivity contribution in [1.29, 1.82) is 0 Å². The second kappa shape index (κ2) is 6.58. The Balaban J connectivity index is 1.81. The van der Waals surface area contributed by atoms with Crippen LogP contribution in [0.2, 0.25) is 0 Å². The van der Waals surface area contributed by atoms with E-state index in [4.69, 9.17) is 0 Å². The first kappa shape index (κ1) is 17.0. The lowest BCUT2D eigenvalue weighted by Gasteiger charge is -2.23. The maximum absolute atomic E-state index is 12.8. The van der Waals surface area contributed by atoms with E-state index >= 15 is 0 Å². The number of nitrogens with zero attached hydrogens (tertiary/aromatic N) is 3. The highest BCUT2D eigenvalue weighted by atomic mass is 32.2. The molecule has 9 heteroatoms. The Morgan fingerprint density at radius 3 is 2.58 bits per heavy atom. The van der Waals surface area contributed by atoms with E-state index in [1.54, 1.807) is 31.2 Å². The van der Waals surface area contributed by atoms with Crippen LogP contribution < -0.4 is 5.32 Å². The summed E-state index contributed by atoms with van der Waals surface area (Å²) in [6, 6.07) is 5.93. The van der Waals surface area contributed by atoms with Gasteiger partial charge in [-0.15, -0.1) is 10.2 Å². The average molecular weight is 366 g/mol. The van der Waals surface area contributed by atoms with Gasteiger partial charge in [-0.2, -0.15) is 4.31 Å². The lowest BCUT2D eigenvalue weighted by atomic mass is 10.2. The Bertz CT molecular complexity index is 846. The van der Waals surface area contributed by atoms with Crippen LogP contribution in [0.1, 0.15) is 23.4 Å². The third kappa shape index (κ3) is 3.33. The van der Waals surface area contributed by atoms with Crippen molar-refractivity contribution in [3.05, 3.63) is 34.8 Å². The number of nitrogens with one attached hydrogen (secondary N) is 1. The lowest BCUT2D eigenvalue weighted by molar-refractivity contribution is -0.119. The summed E-state index contributed by atoms with van der Waals surface area (Å²) >= 11 is 1.26. The van der Waals surface area contributed by atoms with Crippen LogP contribution in [-0.2, 0) is 14.8 Å². The fourth-order valence-electron chi connectivity index (χ4n) is 2.67. The van der Waals surface area contributed by atoms with Gasteiger partial charge in [0, 0.05) is 6.54 Å². The van der Waals surface area contributed by atoms with Crippen LogP contribution in [0.3, 0.4) is 0 Å². The van der Waals surface area contributed by atoms with Gasteiger partial charge in [0.05, 0.1) is 4.90 Å². The molecule has 1 aliphatic rings. The van der Waals surface area contributed by atoms with Crippen molar-refractivity contribution in [2.24, 2.45) is 0 Å². The lowest BCUT2D eigenvalue weighted by Crippen LogP contribution is -2.43. The number of hydrogen-bond acceptors (Lipinski definition) is 6. The molecule has 1 N–H and O–H groups in total. The van der Waals surface area contributed by atoms with Crippen LogP contribution in [0, 0.1) is 13.8 Å². The van der Waals surface area contributed by atoms with E-state index in [1.807, 2.05) is 6.92 Å². The zero-order chi connectivity index (χ0) is 17.3. The molecule has 0 radical (unpaired) electrons. The summed E-state index contributed by atoms with van der Waals surface area (Å²) in [5, 5.41) is 11.5. The highest BCUT2D eigenvalue weighted by Gasteiger charge is 2.39. The zero-order valence-corrected chi connectivity index (χ0v) is 15.0. The number of aryl methyl sites for hydroxylation is 2. The molecule has 1 amide bonds. The molecule has 1 unspecified atom stereocenters. The Hall–Kier alpha value is -1.84. The van der Waals surface area contributed by atoms with E-state index in [9.17, 15) is 13.2 Å². The minimum Gasteiger partial charge on any atom is -0.299 e. The van der Waals surface area contributed by atoms with Gasteiger partial charge in [-0.3, -0.25) is 10.1 Å². The molecule has 0 bridgehead atoms. The molecule has 24 heavy (non-hydrogen) atoms. The number of hydrogen-bond donors (Lipinski definition) is 1. The highest BCUT2D eigenvalue weighted by molar-refractivity contribution is 7.89. The molecule has 1 aliphatic heterocycles. The van der Waals surface area contributed by atoms with Crippen molar-refractivity contribution < 1.29 is 13.2 Å². The summed E-state index contributed by atoms with van der Waals surface area (Å²) in [5.41, 5.74) is 0.983. The minimum absolute atomic E-state index is 0.208. The van der Waals surface area contributed by atoms with E-state index in [2.05, 4.69) is 15.5 Å². The predicted molar refractivity (Wildman–Crippen MR) is 91.4 cm³/mol. The van der Waals surface area contributed by atoms with Gasteiger partial charge < -0.3 is 0 Å². The molecule has 2 heterocycles. The van der Waals surface area contributed by atoms with Crippen molar-refractivity contribution >= 4 is 32.4 Å². The highest BCUT2D eigenvalue weighted by Crippen LogP contribution is 2.27. The van der Waals surface area contributed by atoms with Gasteiger partial charge in [-0.1, -0.05) is 29.0 Å². The molecule has 128 valence electrons. The number of aromatic nitrogens is 2. The number of carbonyl (C=O) groups is 1. The maximum Gasteiger partial charge on any atom is 0.244 e. The number of amides is 1. The molecule has 1 saturated heterocycles. The fraction of sp³-hybridized carbons (Fsp3) is 0.400. The first-order valence-corrected chi connectivity index (χ1v) is 9.83. The molecular formula is C15H18N4O3S2. The predicted octanol–water partition coefficient (Wildman–Crippen LogP) is 1.95. The third-order valence-electron chi connectivity index (χ3n) is 3.89. The Morgan fingerprint density at radius 1 is 1.25 bits per heavy atom. The molecule has 0 saturated carbocycles. The van der Waals surface area contributed by atoms with Gasteiger partial charge in [0.25, 0.3) is 0 Å². The summed E-state index contributed by atoms with van der Waals surface area (Å²) in [7, 11) is -3.70. The third-order valence-corrected chi connectivity index (χ3v) is 6.57. The molecule has 1 atom stereocenters. The molecule has 0 spiro atoms. The summed E-state index contributed by atoms with van der Waals surface area (Å²) in [6.45, 7) is 4.02. The van der Waals surface area contributed by atoms with E-state index < -0.39 is 16.1 Å². The van der Waals surface area contributed by atoms with Gasteiger partial charge in [0.1, 0.15) is 11.0 Å². The van der Waals surface area contributed by atoms with Crippen LogP contribution >= 0.6 is 11.3 Å². The summed E-state index contributed by atoms with van der Waals surface area (Å²) in [6.07, 6.45) is 1.15. The molecule has 1 aromatic heterocycles. The molecule has 3 rings (SSSR count). The Labute approximate surface area is 144 Å². The van der Waals surface area contributed by atoms with Crippen LogP contribution in [0.15, 0.2) is 29.2 Å². The topological polar surface area (TPSA) is 92.3 Å². The zero-order valence-electron chi connectivity index (χ0n) is 13.4. The second-order valence-electron chi connectivity index (χ2n) is 5.70. The monoisotopic (exact) mass is 366 g/mol. The van der Waals surface area contributed by atoms with E-state index in [-0.39, 0.29) is 10.8 Å². The van der Waals surface area contributed by atoms with Crippen molar-refractivity contribution in [1.82, 2.24) is 14.5 Å². The molecular weight excluding hydrogens is 348 g/mol. The van der Waals surface area contributed by atoms with Crippen molar-refractivity contribution in [2.75, 3.05) is 11.9 Å². The summed E-state index contributed by atoms with van der Waals surface area (Å²) in [4.78, 5) is 12.7. The molecule has 2 aromatic rings. The van der Waals surface area contributed by atoms with E-state index in [0.29, 0.717) is 24.5 Å². The SMILES string of the molecule is Cc1ccc(S(=O)(=O)N2CCCC2C(=O)Nc2nnc(C)s2)cc1. The minimum atomic E-state index is -3.70. The summed E-state index contributed by atoms with van der Waals surface area (Å²) in [5.74, 6) is -0.362. The number of carbonyl (C=O) groups excluding carboxylic acids is 1. The standard InChI is InChI=1S/C15H18N4O3S2/c1-10-5-7-12(8-6-10)24(21,22)19-9-3-4-13(19)14(20)16-15-18-17-11(2)23-15/h5-8,13H,3-4,9H2,1-2H3,(H,16,18,20). The number of sulfonamides is 1. The van der Waals surface area contributed by atoms with Crippen LogP contribution in [-0.4, -0.2) is 41.4 Å². The van der Waals surface area contributed by atoms with Crippen molar-refractivity contribution in [2.45, 2.75) is 37.6 Å². The van der Waals surface area contributed by atoms with Gasteiger partial charge in [-0.05, 0) is 38.8 Å². The van der Waals surface area contributed by atoms with E-state index in [0.717, 1.165) is 10.6 Å². The van der Waals surface area contributed by atoms with Crippen LogP contribution in [0.25, 0.3) is 0 Å². The van der Waals surface area contributed by atoms with Gasteiger partial charge in [-0.25, -0.2) is 8.42 Å². The Morgan fingerprint density at radius 2 is 1.96 bits per heavy atom. The van der Waals surface area contributed by atoms with E-state index in [1.165, 1.54) is 15.6 Å². The smallest absolute Gasteiger partial charge is 0.244 e. The summed E-state index contributed by atoms with van der Waals surface area (Å²) < 4.78 is 27.0. The Kier molecular flexibility index (Phi) is 4.66. The average Bonchev–Trinajstić information content (AvgIpc) is 3.17. The van der Waals surface area contributed by atoms with Crippen molar-refractivity contribution in [3.63, 3.8) is 0 Å². The number of anilines is 1. The number of rotatable bonds is 4. The van der Waals surface area contributed by atoms with Crippen LogP contribution in [0.4, 0.5) is 5.13 Å². The van der Waals surface area contributed by atoms with Gasteiger partial charge in [0.15, 0.2) is 0 Å². The maximum atomic E-state index is 12.8. The second-order valence-corrected chi connectivity index (χ2v) is 8.77. The molecule has 1 fully saturated rings. The first-order valence-electron chi connectivity index (χ1n) is 7.57. The molecule has 0 aliphatic carbocycles. The van der Waals surface area contributed by atoms with Gasteiger partial charge in [0.2, 0.25) is 21.1 Å². The fourth-order valence-corrected chi connectivity index (χ4v) is 4.92. The first-order chi connectivity index (χ1) is 11.4. The van der Waals surface area contributed by atoms with Crippen molar-refractivity contribution in [3.8, 4) is 0 Å². The normalized spacial score (nSPS) is 18.7. The molecule has 7 nitrogen and oxygen atoms in total. The largest absolute Gasteiger partial charge is 0.299 e. The quantitative estimate of drug-likeness (QED) is 0.893. The van der Waals surface area contributed by atoms with Crippen LogP contribution in [0.5, 0.6) is 0 Å².